The summed E-state index contributed by atoms with van der Waals surface area (Å²) in [5, 5.41) is 1.09. The molecule has 2 N–H and O–H groups in total. The summed E-state index contributed by atoms with van der Waals surface area (Å²) >= 11 is 0. The summed E-state index contributed by atoms with van der Waals surface area (Å²) in [4.78, 5) is 20.5. The summed E-state index contributed by atoms with van der Waals surface area (Å²) in [5.74, 6) is -0.136. The van der Waals surface area contributed by atoms with Crippen molar-refractivity contribution in [1.82, 2.24) is 10.5 Å². The lowest BCUT2D eigenvalue weighted by molar-refractivity contribution is -0.144. The maximum absolute atomic E-state index is 11.9. The number of H-pyrrole nitrogens is 1. The average Bonchev–Trinajstić information content (AvgIpc) is 2.63. The number of nitrogens with one attached hydrogen (secondary N) is 2. The van der Waals surface area contributed by atoms with Crippen LogP contribution in [0.1, 0.15) is 32.0 Å². The van der Waals surface area contributed by atoms with Crippen molar-refractivity contribution >= 4 is 16.8 Å². The van der Waals surface area contributed by atoms with Gasteiger partial charge in [-0.05, 0) is 39.3 Å². The molecule has 0 aliphatic carbocycles. The standard InChI is InChI=1S/C15H20N2O2/c1-10-12(9-14(18)17-19-15(2,3)4)11-7-5-6-8-13(11)16-10/h5-8,16H,9H2,1-4H3,(H,17,18). The van der Waals surface area contributed by atoms with Crippen LogP contribution in [-0.2, 0) is 16.1 Å². The lowest BCUT2D eigenvalue weighted by Crippen LogP contribution is -2.34. The molecule has 2 aromatic rings. The molecule has 0 fully saturated rings. The molecule has 102 valence electrons. The van der Waals surface area contributed by atoms with Crippen LogP contribution in [0.15, 0.2) is 24.3 Å². The second-order valence-electron chi connectivity index (χ2n) is 5.69. The molecule has 1 aromatic heterocycles. The number of aryl methyl sites for hydroxylation is 1. The minimum Gasteiger partial charge on any atom is -0.358 e. The highest BCUT2D eigenvalue weighted by Crippen LogP contribution is 2.22. The number of hydrogen-bond acceptors (Lipinski definition) is 2. The second kappa shape index (κ2) is 5.05. The van der Waals surface area contributed by atoms with Gasteiger partial charge in [0.15, 0.2) is 0 Å². The van der Waals surface area contributed by atoms with Gasteiger partial charge in [0.1, 0.15) is 0 Å². The van der Waals surface area contributed by atoms with Crippen LogP contribution in [0.4, 0.5) is 0 Å². The molecule has 0 atom stereocenters. The van der Waals surface area contributed by atoms with E-state index < -0.39 is 0 Å². The highest BCUT2D eigenvalue weighted by Gasteiger charge is 2.15. The molecule has 2 rings (SSSR count). The molecule has 1 amide bonds. The third-order valence-corrected chi connectivity index (χ3v) is 2.84. The number of hydrogen-bond donors (Lipinski definition) is 2. The molecular weight excluding hydrogens is 240 g/mol. The van der Waals surface area contributed by atoms with Gasteiger partial charge in [-0.25, -0.2) is 5.48 Å². The van der Waals surface area contributed by atoms with E-state index in [0.29, 0.717) is 6.42 Å². The third-order valence-electron chi connectivity index (χ3n) is 2.84. The first kappa shape index (κ1) is 13.6. The van der Waals surface area contributed by atoms with Gasteiger partial charge < -0.3 is 4.98 Å². The molecule has 4 nitrogen and oxygen atoms in total. The lowest BCUT2D eigenvalue weighted by atomic mass is 10.1. The first-order valence-corrected chi connectivity index (χ1v) is 6.40. The number of aromatic amines is 1. The predicted octanol–water partition coefficient (Wildman–Crippen LogP) is 2.87. The van der Waals surface area contributed by atoms with Crippen molar-refractivity contribution in [3.05, 3.63) is 35.5 Å². The van der Waals surface area contributed by atoms with Gasteiger partial charge >= 0.3 is 0 Å². The zero-order valence-corrected chi connectivity index (χ0v) is 11.8. The van der Waals surface area contributed by atoms with Crippen molar-refractivity contribution in [2.45, 2.75) is 39.7 Å². The monoisotopic (exact) mass is 260 g/mol. The fourth-order valence-corrected chi connectivity index (χ4v) is 1.97. The highest BCUT2D eigenvalue weighted by molar-refractivity contribution is 5.89. The summed E-state index contributed by atoms with van der Waals surface area (Å²) in [6.07, 6.45) is 0.311. The van der Waals surface area contributed by atoms with Crippen molar-refractivity contribution in [3.8, 4) is 0 Å². The molecule has 19 heavy (non-hydrogen) atoms. The van der Waals surface area contributed by atoms with Gasteiger partial charge in [0, 0.05) is 16.6 Å². The van der Waals surface area contributed by atoms with Gasteiger partial charge in [-0.3, -0.25) is 9.63 Å². The first-order chi connectivity index (χ1) is 8.87. The Labute approximate surface area is 113 Å². The zero-order valence-electron chi connectivity index (χ0n) is 11.8. The quantitative estimate of drug-likeness (QED) is 0.834. The number of aromatic nitrogens is 1. The molecule has 0 radical (unpaired) electrons. The van der Waals surface area contributed by atoms with Crippen LogP contribution in [0.3, 0.4) is 0 Å². The number of rotatable bonds is 3. The predicted molar refractivity (Wildman–Crippen MR) is 75.7 cm³/mol. The van der Waals surface area contributed by atoms with Crippen molar-refractivity contribution < 1.29 is 9.63 Å². The molecule has 1 heterocycles. The summed E-state index contributed by atoms with van der Waals surface area (Å²) in [6.45, 7) is 7.66. The van der Waals surface area contributed by atoms with E-state index in [1.54, 1.807) is 0 Å². The maximum Gasteiger partial charge on any atom is 0.248 e. The molecule has 1 aromatic carbocycles. The Balaban J connectivity index is 2.13. The Bertz CT molecular complexity index is 594. The summed E-state index contributed by atoms with van der Waals surface area (Å²) < 4.78 is 0. The number of para-hydroxylation sites is 1. The van der Waals surface area contributed by atoms with Crippen molar-refractivity contribution in [3.63, 3.8) is 0 Å². The molecule has 0 unspecified atom stereocenters. The van der Waals surface area contributed by atoms with Gasteiger partial charge in [-0.15, -0.1) is 0 Å². The fourth-order valence-electron chi connectivity index (χ4n) is 1.97. The Hall–Kier alpha value is -1.81. The molecular formula is C15H20N2O2. The Morgan fingerprint density at radius 1 is 1.32 bits per heavy atom. The smallest absolute Gasteiger partial charge is 0.248 e. The van der Waals surface area contributed by atoms with Gasteiger partial charge in [0.2, 0.25) is 5.91 Å². The summed E-state index contributed by atoms with van der Waals surface area (Å²) in [6, 6.07) is 7.98. The van der Waals surface area contributed by atoms with E-state index in [9.17, 15) is 4.79 Å². The molecule has 0 bridgehead atoms. The van der Waals surface area contributed by atoms with Crippen LogP contribution in [-0.4, -0.2) is 16.5 Å². The largest absolute Gasteiger partial charge is 0.358 e. The maximum atomic E-state index is 11.9. The Kier molecular flexibility index (Phi) is 3.62. The van der Waals surface area contributed by atoms with E-state index in [-0.39, 0.29) is 11.5 Å². The number of carbonyl (C=O) groups is 1. The second-order valence-corrected chi connectivity index (χ2v) is 5.69. The van der Waals surface area contributed by atoms with E-state index in [1.165, 1.54) is 0 Å². The molecule has 0 saturated heterocycles. The van der Waals surface area contributed by atoms with Crippen LogP contribution < -0.4 is 5.48 Å². The normalized spacial score (nSPS) is 11.8. The van der Waals surface area contributed by atoms with Crippen LogP contribution in [0, 0.1) is 6.92 Å². The number of hydroxylamine groups is 1. The number of carbonyl (C=O) groups excluding carboxylic acids is 1. The molecule has 0 aliphatic heterocycles. The SMILES string of the molecule is Cc1[nH]c2ccccc2c1CC(=O)NOC(C)(C)C. The van der Waals surface area contributed by atoms with Crippen LogP contribution in [0.25, 0.3) is 10.9 Å². The first-order valence-electron chi connectivity index (χ1n) is 6.40. The minimum absolute atomic E-state index is 0.136. The Morgan fingerprint density at radius 2 is 2.00 bits per heavy atom. The minimum atomic E-state index is -0.384. The van der Waals surface area contributed by atoms with Gasteiger partial charge in [0.05, 0.1) is 12.0 Å². The van der Waals surface area contributed by atoms with Crippen molar-refractivity contribution in [2.24, 2.45) is 0 Å². The third kappa shape index (κ3) is 3.35. The van der Waals surface area contributed by atoms with E-state index in [4.69, 9.17) is 4.84 Å². The number of fused-ring (bicyclic) bond motifs is 1. The van der Waals surface area contributed by atoms with E-state index in [2.05, 4.69) is 10.5 Å². The Morgan fingerprint density at radius 3 is 2.68 bits per heavy atom. The fraction of sp³-hybridized carbons (Fsp3) is 0.400. The number of amides is 1. The van der Waals surface area contributed by atoms with Crippen LogP contribution in [0.5, 0.6) is 0 Å². The average molecular weight is 260 g/mol. The van der Waals surface area contributed by atoms with Gasteiger partial charge in [-0.1, -0.05) is 18.2 Å². The summed E-state index contributed by atoms with van der Waals surface area (Å²) in [7, 11) is 0. The molecule has 0 aliphatic rings. The van der Waals surface area contributed by atoms with Crippen LogP contribution in [0.2, 0.25) is 0 Å². The topological polar surface area (TPSA) is 54.1 Å². The van der Waals surface area contributed by atoms with Gasteiger partial charge in [0.25, 0.3) is 0 Å². The van der Waals surface area contributed by atoms with E-state index >= 15 is 0 Å². The van der Waals surface area contributed by atoms with Crippen molar-refractivity contribution in [1.29, 1.82) is 0 Å². The van der Waals surface area contributed by atoms with Gasteiger partial charge in [-0.2, -0.15) is 0 Å². The molecule has 4 heteroatoms. The molecule has 0 saturated carbocycles. The van der Waals surface area contributed by atoms with E-state index in [1.807, 2.05) is 52.0 Å². The number of benzene rings is 1. The zero-order chi connectivity index (χ0) is 14.0. The summed E-state index contributed by atoms with van der Waals surface area (Å²) in [5.41, 5.74) is 5.21. The lowest BCUT2D eigenvalue weighted by Gasteiger charge is -2.18. The van der Waals surface area contributed by atoms with Crippen molar-refractivity contribution in [2.75, 3.05) is 0 Å². The van der Waals surface area contributed by atoms with Crippen LogP contribution >= 0.6 is 0 Å². The highest BCUT2D eigenvalue weighted by atomic mass is 16.7. The molecule has 0 spiro atoms. The van der Waals surface area contributed by atoms with E-state index in [0.717, 1.165) is 22.2 Å².